The van der Waals surface area contributed by atoms with E-state index >= 15 is 0 Å². The van der Waals surface area contributed by atoms with Crippen LogP contribution in [-0.4, -0.2) is 30.2 Å². The first kappa shape index (κ1) is 10.9. The number of alkyl halides is 1. The van der Waals surface area contributed by atoms with Crippen LogP contribution in [0.25, 0.3) is 0 Å². The van der Waals surface area contributed by atoms with Crippen molar-refractivity contribution in [3.8, 4) is 0 Å². The van der Waals surface area contributed by atoms with Gasteiger partial charge in [0.25, 0.3) is 0 Å². The Morgan fingerprint density at radius 1 is 0.929 bits per heavy atom. The molecule has 2 rings (SSSR count). The van der Waals surface area contributed by atoms with Crippen molar-refractivity contribution in [1.82, 2.24) is 0 Å². The van der Waals surface area contributed by atoms with Crippen LogP contribution in [0.5, 0.6) is 0 Å². The molecule has 0 aromatic rings. The molecule has 2 atom stereocenters. The summed E-state index contributed by atoms with van der Waals surface area (Å²) in [6.07, 6.45) is 8.61. The molecule has 14 heavy (non-hydrogen) atoms. The van der Waals surface area contributed by atoms with E-state index in [-0.39, 0.29) is 0 Å². The lowest BCUT2D eigenvalue weighted by Gasteiger charge is -2.27. The van der Waals surface area contributed by atoms with Gasteiger partial charge in [-0.25, -0.2) is 0 Å². The number of hydrogen-bond acceptors (Lipinski definition) is 2. The minimum Gasteiger partial charge on any atom is -0.376 e. The van der Waals surface area contributed by atoms with Crippen LogP contribution in [0.2, 0.25) is 0 Å². The molecule has 0 radical (unpaired) electrons. The fraction of sp³-hybridized carbons (Fsp3) is 1.00. The fourth-order valence-electron chi connectivity index (χ4n) is 1.89. The first-order valence-corrected chi connectivity index (χ1v) is 6.65. The molecule has 0 N–H and O–H groups in total. The molecule has 0 amide bonds. The van der Waals surface area contributed by atoms with Crippen LogP contribution in [0.3, 0.4) is 0 Å². The van der Waals surface area contributed by atoms with Crippen molar-refractivity contribution in [1.29, 1.82) is 0 Å². The molecule has 2 aliphatic carbocycles. The van der Waals surface area contributed by atoms with Crippen molar-refractivity contribution in [2.45, 2.75) is 55.6 Å². The van der Waals surface area contributed by atoms with Gasteiger partial charge in [0, 0.05) is 4.83 Å². The lowest BCUT2D eigenvalue weighted by molar-refractivity contribution is -0.0100. The third-order valence-electron chi connectivity index (χ3n) is 2.92. The summed E-state index contributed by atoms with van der Waals surface area (Å²) in [5.41, 5.74) is 0. The second-order valence-electron chi connectivity index (χ2n) is 4.28. The third kappa shape index (κ3) is 3.52. The van der Waals surface area contributed by atoms with Crippen LogP contribution in [-0.2, 0) is 9.47 Å². The van der Waals surface area contributed by atoms with E-state index in [1.54, 1.807) is 0 Å². The van der Waals surface area contributed by atoms with Gasteiger partial charge < -0.3 is 9.47 Å². The molecular weight excluding hydrogens is 244 g/mol. The Morgan fingerprint density at radius 2 is 1.64 bits per heavy atom. The predicted molar refractivity (Wildman–Crippen MR) is 59.9 cm³/mol. The van der Waals surface area contributed by atoms with Gasteiger partial charge in [-0.15, -0.1) is 0 Å². The molecule has 2 fully saturated rings. The highest BCUT2D eigenvalue weighted by Gasteiger charge is 2.24. The smallest absolute Gasteiger partial charge is 0.0704 e. The summed E-state index contributed by atoms with van der Waals surface area (Å²) in [4.78, 5) is 0.567. The lowest BCUT2D eigenvalue weighted by Crippen LogP contribution is -2.29. The normalized spacial score (nSPS) is 33.2. The summed E-state index contributed by atoms with van der Waals surface area (Å²) in [7, 11) is 0. The Balaban J connectivity index is 1.53. The standard InChI is InChI=1S/C11H19BrO2/c12-10-3-1-2-4-11(10)14-8-7-13-9-5-6-9/h9-11H,1-8H2. The Kier molecular flexibility index (Phi) is 4.26. The van der Waals surface area contributed by atoms with Crippen molar-refractivity contribution in [3.05, 3.63) is 0 Å². The largest absolute Gasteiger partial charge is 0.376 e. The molecule has 2 saturated carbocycles. The van der Waals surface area contributed by atoms with Gasteiger partial charge >= 0.3 is 0 Å². The van der Waals surface area contributed by atoms with E-state index in [1.165, 1.54) is 38.5 Å². The maximum Gasteiger partial charge on any atom is 0.0704 e. The maximum atomic E-state index is 5.80. The molecule has 2 aliphatic rings. The summed E-state index contributed by atoms with van der Waals surface area (Å²) >= 11 is 3.68. The third-order valence-corrected chi connectivity index (χ3v) is 3.96. The van der Waals surface area contributed by atoms with E-state index in [2.05, 4.69) is 15.9 Å². The molecule has 0 bridgehead atoms. The number of halogens is 1. The van der Waals surface area contributed by atoms with E-state index in [0.717, 1.165) is 13.2 Å². The van der Waals surface area contributed by atoms with Gasteiger partial charge in [-0.3, -0.25) is 0 Å². The maximum absolute atomic E-state index is 5.80. The Hall–Kier alpha value is 0.400. The van der Waals surface area contributed by atoms with Crippen LogP contribution in [0.4, 0.5) is 0 Å². The van der Waals surface area contributed by atoms with Crippen molar-refractivity contribution in [3.63, 3.8) is 0 Å². The van der Waals surface area contributed by atoms with Gasteiger partial charge in [-0.2, -0.15) is 0 Å². The predicted octanol–water partition coefficient (Wildman–Crippen LogP) is 2.89. The van der Waals surface area contributed by atoms with E-state index in [9.17, 15) is 0 Å². The van der Waals surface area contributed by atoms with E-state index in [1.807, 2.05) is 0 Å². The van der Waals surface area contributed by atoms with Crippen molar-refractivity contribution in [2.24, 2.45) is 0 Å². The number of ether oxygens (including phenoxy) is 2. The first-order valence-electron chi connectivity index (χ1n) is 5.73. The number of hydrogen-bond donors (Lipinski definition) is 0. The molecule has 2 nitrogen and oxygen atoms in total. The second-order valence-corrected chi connectivity index (χ2v) is 5.46. The SMILES string of the molecule is BrC1CCCCC1OCCOC1CC1. The monoisotopic (exact) mass is 262 g/mol. The second kappa shape index (κ2) is 5.47. The topological polar surface area (TPSA) is 18.5 Å². The molecule has 0 aromatic carbocycles. The number of rotatable bonds is 5. The molecule has 0 aliphatic heterocycles. The van der Waals surface area contributed by atoms with Gasteiger partial charge in [0.05, 0.1) is 25.4 Å². The molecule has 3 heteroatoms. The molecule has 2 unspecified atom stereocenters. The molecule has 0 heterocycles. The van der Waals surface area contributed by atoms with Gasteiger partial charge in [-0.1, -0.05) is 28.8 Å². The van der Waals surface area contributed by atoms with Crippen LogP contribution >= 0.6 is 15.9 Å². The van der Waals surface area contributed by atoms with E-state index in [0.29, 0.717) is 17.0 Å². The minimum atomic E-state index is 0.423. The van der Waals surface area contributed by atoms with Gasteiger partial charge in [-0.05, 0) is 25.7 Å². The summed E-state index contributed by atoms with van der Waals surface area (Å²) < 4.78 is 11.3. The summed E-state index contributed by atoms with van der Waals surface area (Å²) in [5.74, 6) is 0. The average molecular weight is 263 g/mol. The average Bonchev–Trinajstić information content (AvgIpc) is 2.99. The van der Waals surface area contributed by atoms with Crippen molar-refractivity contribution >= 4 is 15.9 Å². The van der Waals surface area contributed by atoms with Crippen molar-refractivity contribution in [2.75, 3.05) is 13.2 Å². The highest BCUT2D eigenvalue weighted by molar-refractivity contribution is 9.09. The van der Waals surface area contributed by atoms with E-state index in [4.69, 9.17) is 9.47 Å². The lowest BCUT2D eigenvalue weighted by atomic mass is 9.98. The van der Waals surface area contributed by atoms with Gasteiger partial charge in [0.2, 0.25) is 0 Å². The first-order chi connectivity index (χ1) is 6.86. The van der Waals surface area contributed by atoms with Crippen LogP contribution in [0.1, 0.15) is 38.5 Å². The molecule has 0 spiro atoms. The zero-order valence-corrected chi connectivity index (χ0v) is 10.2. The molecule has 82 valence electrons. The summed E-state index contributed by atoms with van der Waals surface area (Å²) in [6.45, 7) is 1.55. The van der Waals surface area contributed by atoms with Gasteiger partial charge in [0.1, 0.15) is 0 Å². The van der Waals surface area contributed by atoms with Crippen molar-refractivity contribution < 1.29 is 9.47 Å². The molecule has 0 aromatic heterocycles. The zero-order chi connectivity index (χ0) is 9.80. The molecular formula is C11H19BrO2. The highest BCUT2D eigenvalue weighted by Crippen LogP contribution is 2.27. The Bertz CT molecular complexity index is 171. The summed E-state index contributed by atoms with van der Waals surface area (Å²) in [5, 5.41) is 0. The Morgan fingerprint density at radius 3 is 2.36 bits per heavy atom. The highest BCUT2D eigenvalue weighted by atomic mass is 79.9. The fourth-order valence-corrected chi connectivity index (χ4v) is 2.63. The van der Waals surface area contributed by atoms with Crippen LogP contribution < -0.4 is 0 Å². The van der Waals surface area contributed by atoms with Gasteiger partial charge in [0.15, 0.2) is 0 Å². The van der Waals surface area contributed by atoms with Crippen LogP contribution in [0.15, 0.2) is 0 Å². The summed E-state index contributed by atoms with van der Waals surface area (Å²) in [6, 6.07) is 0. The zero-order valence-electron chi connectivity index (χ0n) is 8.58. The van der Waals surface area contributed by atoms with Crippen LogP contribution in [0, 0.1) is 0 Å². The molecule has 0 saturated heterocycles. The van der Waals surface area contributed by atoms with E-state index < -0.39 is 0 Å². The Labute approximate surface area is 94.5 Å². The minimum absolute atomic E-state index is 0.423. The quantitative estimate of drug-likeness (QED) is 0.561.